The van der Waals surface area contributed by atoms with E-state index in [1.165, 1.54) is 0 Å². The van der Waals surface area contributed by atoms with Gasteiger partial charge in [-0.15, -0.1) is 0 Å². The molecule has 3 heterocycles. The molecule has 114 valence electrons. The van der Waals surface area contributed by atoms with Crippen molar-refractivity contribution in [3.8, 4) is 11.6 Å². The topological polar surface area (TPSA) is 74.1 Å². The van der Waals surface area contributed by atoms with E-state index >= 15 is 0 Å². The lowest BCUT2D eigenvalue weighted by Crippen LogP contribution is -2.12. The molecule has 3 aromatic heterocycles. The molecule has 0 atom stereocenters. The van der Waals surface area contributed by atoms with Gasteiger partial charge in [0.05, 0.1) is 11.8 Å². The van der Waals surface area contributed by atoms with Crippen LogP contribution in [-0.4, -0.2) is 14.7 Å². The highest BCUT2D eigenvalue weighted by Crippen LogP contribution is 2.18. The summed E-state index contributed by atoms with van der Waals surface area (Å²) in [5.74, 6) is 1.42. The lowest BCUT2D eigenvalue weighted by Gasteiger charge is -2.12. The smallest absolute Gasteiger partial charge is 0.247 e. The van der Waals surface area contributed by atoms with Crippen LogP contribution in [0.2, 0.25) is 0 Å². The van der Waals surface area contributed by atoms with Gasteiger partial charge in [0.2, 0.25) is 11.7 Å². The molecule has 0 aliphatic carbocycles. The number of aryl methyl sites for hydroxylation is 1. The summed E-state index contributed by atoms with van der Waals surface area (Å²) >= 11 is 0. The van der Waals surface area contributed by atoms with E-state index in [4.69, 9.17) is 8.94 Å². The summed E-state index contributed by atoms with van der Waals surface area (Å²) in [6.45, 7) is 2.28. The number of pyridine rings is 1. The number of fused-ring (bicyclic) bond motifs is 1. The van der Waals surface area contributed by atoms with E-state index < -0.39 is 0 Å². The summed E-state index contributed by atoms with van der Waals surface area (Å²) < 4.78 is 12.5. The van der Waals surface area contributed by atoms with Gasteiger partial charge in [0.1, 0.15) is 6.54 Å². The third-order valence-electron chi connectivity index (χ3n) is 3.73. The predicted octanol–water partition coefficient (Wildman–Crippen LogP) is 3.00. The molecular weight excluding hydrogens is 294 g/mol. The fourth-order valence-corrected chi connectivity index (χ4v) is 2.62. The van der Waals surface area contributed by atoms with Gasteiger partial charge in [-0.1, -0.05) is 17.3 Å². The fourth-order valence-electron chi connectivity index (χ4n) is 2.62. The van der Waals surface area contributed by atoms with Gasteiger partial charge in [0.25, 0.3) is 0 Å². The zero-order valence-electron chi connectivity index (χ0n) is 12.4. The van der Waals surface area contributed by atoms with E-state index in [2.05, 4.69) is 10.1 Å². The highest BCUT2D eigenvalue weighted by atomic mass is 16.5. The quantitative estimate of drug-likeness (QED) is 0.581. The third kappa shape index (κ3) is 2.34. The van der Waals surface area contributed by atoms with Crippen LogP contribution in [0.3, 0.4) is 0 Å². The van der Waals surface area contributed by atoms with E-state index in [-0.39, 0.29) is 5.43 Å². The van der Waals surface area contributed by atoms with E-state index in [9.17, 15) is 4.79 Å². The monoisotopic (exact) mass is 307 g/mol. The van der Waals surface area contributed by atoms with Gasteiger partial charge in [0.15, 0.2) is 11.2 Å². The molecule has 6 nitrogen and oxygen atoms in total. The Hall–Kier alpha value is -3.15. The van der Waals surface area contributed by atoms with Crippen LogP contribution >= 0.6 is 0 Å². The number of rotatable bonds is 3. The lowest BCUT2D eigenvalue weighted by molar-refractivity contribution is 0.371. The Labute approximate surface area is 131 Å². The second kappa shape index (κ2) is 5.24. The molecule has 0 bridgehead atoms. The molecule has 0 unspecified atom stereocenters. The van der Waals surface area contributed by atoms with Crippen molar-refractivity contribution in [3.63, 3.8) is 0 Å². The van der Waals surface area contributed by atoms with Gasteiger partial charge in [0, 0.05) is 17.1 Å². The maximum Gasteiger partial charge on any atom is 0.247 e. The van der Waals surface area contributed by atoms with E-state index in [1.54, 1.807) is 24.5 Å². The maximum absolute atomic E-state index is 12.1. The van der Waals surface area contributed by atoms with Crippen LogP contribution in [0.25, 0.3) is 22.5 Å². The van der Waals surface area contributed by atoms with E-state index in [0.29, 0.717) is 29.4 Å². The van der Waals surface area contributed by atoms with Gasteiger partial charge < -0.3 is 13.5 Å². The van der Waals surface area contributed by atoms with Crippen molar-refractivity contribution in [2.24, 2.45) is 0 Å². The molecule has 0 saturated heterocycles. The first-order chi connectivity index (χ1) is 11.2. The molecule has 0 amide bonds. The number of hydrogen-bond acceptors (Lipinski definition) is 5. The van der Waals surface area contributed by atoms with Gasteiger partial charge in [-0.3, -0.25) is 4.79 Å². The largest absolute Gasteiger partial charge is 0.461 e. The highest BCUT2D eigenvalue weighted by molar-refractivity contribution is 5.79. The third-order valence-corrected chi connectivity index (χ3v) is 3.73. The molecule has 0 aliphatic heterocycles. The Balaban J connectivity index is 1.78. The number of hydrogen-bond donors (Lipinski definition) is 0. The van der Waals surface area contributed by atoms with Crippen LogP contribution in [-0.2, 0) is 6.54 Å². The molecule has 0 saturated carbocycles. The van der Waals surface area contributed by atoms with Gasteiger partial charge in [-0.05, 0) is 31.2 Å². The van der Waals surface area contributed by atoms with Crippen molar-refractivity contribution < 1.29 is 8.94 Å². The van der Waals surface area contributed by atoms with E-state index in [1.807, 2.05) is 35.8 Å². The molecule has 0 N–H and O–H groups in total. The summed E-state index contributed by atoms with van der Waals surface area (Å²) in [5, 5.41) is 4.60. The highest BCUT2D eigenvalue weighted by Gasteiger charge is 2.13. The predicted molar refractivity (Wildman–Crippen MR) is 84.0 cm³/mol. The summed E-state index contributed by atoms with van der Waals surface area (Å²) in [4.78, 5) is 16.4. The van der Waals surface area contributed by atoms with Gasteiger partial charge in [-0.25, -0.2) is 0 Å². The molecule has 0 spiro atoms. The number of nitrogens with zero attached hydrogens (tertiary/aromatic N) is 3. The van der Waals surface area contributed by atoms with Crippen LogP contribution in [0.5, 0.6) is 0 Å². The minimum absolute atomic E-state index is 0.0103. The van der Waals surface area contributed by atoms with Gasteiger partial charge >= 0.3 is 0 Å². The first-order valence-corrected chi connectivity index (χ1v) is 7.18. The Morgan fingerprint density at radius 2 is 2.04 bits per heavy atom. The van der Waals surface area contributed by atoms with Crippen molar-refractivity contribution in [1.82, 2.24) is 14.7 Å². The molecule has 0 aliphatic rings. The zero-order valence-corrected chi connectivity index (χ0v) is 12.4. The minimum Gasteiger partial charge on any atom is -0.461 e. The summed E-state index contributed by atoms with van der Waals surface area (Å²) in [5.41, 5.74) is 1.69. The summed E-state index contributed by atoms with van der Waals surface area (Å²) in [6, 6.07) is 12.6. The average molecular weight is 307 g/mol. The standard InChI is InChI=1S/C17H13N3O3/c1-11-9-14(21)12-5-2-3-6-13(12)20(11)10-16-18-17(19-23-16)15-7-4-8-22-15/h2-9H,10H2,1H3. The summed E-state index contributed by atoms with van der Waals surface area (Å²) in [6.07, 6.45) is 1.56. The van der Waals surface area contributed by atoms with Crippen molar-refractivity contribution >= 4 is 10.9 Å². The second-order valence-corrected chi connectivity index (χ2v) is 5.24. The molecule has 0 radical (unpaired) electrons. The van der Waals surface area contributed by atoms with Crippen molar-refractivity contribution in [1.29, 1.82) is 0 Å². The number of para-hydroxylation sites is 1. The van der Waals surface area contributed by atoms with Crippen LogP contribution in [0.1, 0.15) is 11.6 Å². The normalized spacial score (nSPS) is 11.2. The Morgan fingerprint density at radius 3 is 2.87 bits per heavy atom. The second-order valence-electron chi connectivity index (χ2n) is 5.24. The number of aromatic nitrogens is 3. The van der Waals surface area contributed by atoms with Crippen molar-refractivity contribution in [2.75, 3.05) is 0 Å². The molecule has 1 aromatic carbocycles. The molecule has 0 fully saturated rings. The van der Waals surface area contributed by atoms with Gasteiger partial charge in [-0.2, -0.15) is 4.98 Å². The molecule has 23 heavy (non-hydrogen) atoms. The minimum atomic E-state index is 0.0103. The molecule has 4 aromatic rings. The van der Waals surface area contributed by atoms with Crippen LogP contribution in [0.4, 0.5) is 0 Å². The van der Waals surface area contributed by atoms with Crippen molar-refractivity contribution in [2.45, 2.75) is 13.5 Å². The average Bonchev–Trinajstić information content (AvgIpc) is 3.22. The maximum atomic E-state index is 12.1. The van der Waals surface area contributed by atoms with Crippen LogP contribution < -0.4 is 5.43 Å². The summed E-state index contributed by atoms with van der Waals surface area (Å²) in [7, 11) is 0. The molecular formula is C17H13N3O3. The zero-order chi connectivity index (χ0) is 15.8. The Kier molecular flexibility index (Phi) is 3.08. The van der Waals surface area contributed by atoms with Crippen LogP contribution in [0, 0.1) is 6.92 Å². The van der Waals surface area contributed by atoms with E-state index in [0.717, 1.165) is 11.2 Å². The Morgan fingerprint density at radius 1 is 1.17 bits per heavy atom. The SMILES string of the molecule is Cc1cc(=O)c2ccccc2n1Cc1nc(-c2ccco2)no1. The van der Waals surface area contributed by atoms with Crippen molar-refractivity contribution in [3.05, 3.63) is 70.5 Å². The Bertz CT molecular complexity index is 1030. The first-order valence-electron chi connectivity index (χ1n) is 7.18. The molecule has 6 heteroatoms. The lowest BCUT2D eigenvalue weighted by atomic mass is 10.2. The fraction of sp³-hybridized carbons (Fsp3) is 0.118. The molecule has 4 rings (SSSR count). The first kappa shape index (κ1) is 13.5. The number of furan rings is 1. The van der Waals surface area contributed by atoms with Crippen LogP contribution in [0.15, 0.2) is 62.5 Å². The number of benzene rings is 1.